The van der Waals surface area contributed by atoms with Gasteiger partial charge in [-0.2, -0.15) is 0 Å². The van der Waals surface area contributed by atoms with Gasteiger partial charge in [0.1, 0.15) is 0 Å². The van der Waals surface area contributed by atoms with E-state index < -0.39 is 0 Å². The molecule has 1 aliphatic rings. The topological polar surface area (TPSA) is 24.9 Å². The van der Waals surface area contributed by atoms with Gasteiger partial charge in [0.05, 0.1) is 5.69 Å². The number of hydrogen-bond donors (Lipinski definition) is 1. The van der Waals surface area contributed by atoms with Gasteiger partial charge in [-0.05, 0) is 25.2 Å². The summed E-state index contributed by atoms with van der Waals surface area (Å²) in [6, 6.07) is 0. The molecule has 1 saturated carbocycles. The van der Waals surface area contributed by atoms with Crippen LogP contribution in [0, 0.1) is 5.92 Å². The summed E-state index contributed by atoms with van der Waals surface area (Å²) < 4.78 is 0. The zero-order valence-electron chi connectivity index (χ0n) is 9.71. The van der Waals surface area contributed by atoms with Crippen LogP contribution in [0.3, 0.4) is 0 Å². The van der Waals surface area contributed by atoms with Gasteiger partial charge in [-0.3, -0.25) is 0 Å². The van der Waals surface area contributed by atoms with Gasteiger partial charge in [0.25, 0.3) is 0 Å². The summed E-state index contributed by atoms with van der Waals surface area (Å²) in [5.41, 5.74) is 1.18. The fourth-order valence-corrected chi connectivity index (χ4v) is 3.33. The lowest BCUT2D eigenvalue weighted by molar-refractivity contribution is 0.380. The Morgan fingerprint density at radius 2 is 2.31 bits per heavy atom. The number of halogens is 1. The summed E-state index contributed by atoms with van der Waals surface area (Å²) in [7, 11) is 0. The largest absolute Gasteiger partial charge is 0.361 e. The minimum absolute atomic E-state index is 0.354. The zero-order chi connectivity index (χ0) is 11.4. The molecule has 0 saturated heterocycles. The highest BCUT2D eigenvalue weighted by atomic mass is 35.5. The van der Waals surface area contributed by atoms with Crippen molar-refractivity contribution in [2.45, 2.75) is 44.4 Å². The molecule has 1 aromatic heterocycles. The molecule has 16 heavy (non-hydrogen) atoms. The van der Waals surface area contributed by atoms with Gasteiger partial charge in [-0.1, -0.05) is 19.8 Å². The van der Waals surface area contributed by atoms with Crippen LogP contribution < -0.4 is 5.32 Å². The van der Waals surface area contributed by atoms with Crippen molar-refractivity contribution >= 4 is 28.1 Å². The maximum Gasteiger partial charge on any atom is 0.182 e. The van der Waals surface area contributed by atoms with E-state index in [4.69, 9.17) is 11.6 Å². The number of anilines is 1. The average molecular weight is 259 g/mol. The van der Waals surface area contributed by atoms with Gasteiger partial charge in [0, 0.05) is 17.3 Å². The fourth-order valence-electron chi connectivity index (χ4n) is 2.16. The number of nitrogens with zero attached hydrogens (tertiary/aromatic N) is 1. The number of hydrogen-bond acceptors (Lipinski definition) is 3. The number of thiazole rings is 1. The fraction of sp³-hybridized carbons (Fsp3) is 0.750. The second-order valence-electron chi connectivity index (χ2n) is 4.44. The van der Waals surface area contributed by atoms with E-state index >= 15 is 0 Å². The van der Waals surface area contributed by atoms with Crippen LogP contribution in [0.2, 0.25) is 0 Å². The third-order valence-corrected chi connectivity index (χ3v) is 4.67. The molecule has 90 valence electrons. The molecule has 0 spiro atoms. The van der Waals surface area contributed by atoms with Crippen LogP contribution in [0.4, 0.5) is 5.13 Å². The van der Waals surface area contributed by atoms with Gasteiger partial charge in [-0.25, -0.2) is 4.98 Å². The molecule has 2 nitrogen and oxygen atoms in total. The highest BCUT2D eigenvalue weighted by molar-refractivity contribution is 7.13. The van der Waals surface area contributed by atoms with Gasteiger partial charge >= 0.3 is 0 Å². The average Bonchev–Trinajstić information content (AvgIpc) is 2.76. The monoisotopic (exact) mass is 258 g/mol. The van der Waals surface area contributed by atoms with Gasteiger partial charge < -0.3 is 5.32 Å². The standard InChI is InChI=1S/C12H19ClN2S/c1-2-10-8-16-12(15-10)14-7-9-5-3-4-6-11(9)13/h8-9,11H,2-7H2,1H3,(H,14,15). The summed E-state index contributed by atoms with van der Waals surface area (Å²) in [6.07, 6.45) is 6.06. The quantitative estimate of drug-likeness (QED) is 0.829. The first kappa shape index (κ1) is 12.2. The van der Waals surface area contributed by atoms with Crippen molar-refractivity contribution in [1.29, 1.82) is 0 Å². The summed E-state index contributed by atoms with van der Waals surface area (Å²) in [6.45, 7) is 3.11. The Hall–Kier alpha value is -0.280. The molecule has 0 amide bonds. The molecule has 0 aliphatic heterocycles. The molecule has 2 unspecified atom stereocenters. The first-order valence-corrected chi connectivity index (χ1v) is 7.43. The number of alkyl halides is 1. The summed E-state index contributed by atoms with van der Waals surface area (Å²) in [5.74, 6) is 0.615. The van der Waals surface area contributed by atoms with Crippen LogP contribution in [-0.2, 0) is 6.42 Å². The van der Waals surface area contributed by atoms with Crippen LogP contribution in [0.1, 0.15) is 38.3 Å². The molecule has 1 N–H and O–H groups in total. The van der Waals surface area contributed by atoms with E-state index in [1.54, 1.807) is 11.3 Å². The van der Waals surface area contributed by atoms with E-state index in [1.165, 1.54) is 31.4 Å². The van der Waals surface area contributed by atoms with E-state index in [9.17, 15) is 0 Å². The Kier molecular flexibility index (Phi) is 4.47. The van der Waals surface area contributed by atoms with E-state index in [0.29, 0.717) is 11.3 Å². The van der Waals surface area contributed by atoms with Crippen molar-refractivity contribution in [2.75, 3.05) is 11.9 Å². The van der Waals surface area contributed by atoms with E-state index in [-0.39, 0.29) is 0 Å². The van der Waals surface area contributed by atoms with E-state index in [0.717, 1.165) is 18.1 Å². The molecule has 1 fully saturated rings. The molecule has 2 rings (SSSR count). The van der Waals surface area contributed by atoms with Gasteiger partial charge in [-0.15, -0.1) is 22.9 Å². The molecule has 2 atom stereocenters. The minimum atomic E-state index is 0.354. The Balaban J connectivity index is 1.81. The Labute approximate surface area is 106 Å². The summed E-state index contributed by atoms with van der Waals surface area (Å²) >= 11 is 8.02. The second-order valence-corrected chi connectivity index (χ2v) is 5.86. The van der Waals surface area contributed by atoms with E-state index in [1.807, 2.05) is 0 Å². The molecular weight excluding hydrogens is 240 g/mol. The zero-order valence-corrected chi connectivity index (χ0v) is 11.3. The highest BCUT2D eigenvalue weighted by Gasteiger charge is 2.22. The SMILES string of the molecule is CCc1csc(NCC2CCCCC2Cl)n1. The lowest BCUT2D eigenvalue weighted by Gasteiger charge is -2.26. The summed E-state index contributed by atoms with van der Waals surface area (Å²) in [4.78, 5) is 4.50. The van der Waals surface area contributed by atoms with Crippen molar-refractivity contribution in [3.63, 3.8) is 0 Å². The van der Waals surface area contributed by atoms with Crippen LogP contribution in [0.15, 0.2) is 5.38 Å². The third-order valence-electron chi connectivity index (χ3n) is 3.25. The van der Waals surface area contributed by atoms with Crippen molar-refractivity contribution in [2.24, 2.45) is 5.92 Å². The van der Waals surface area contributed by atoms with Crippen molar-refractivity contribution in [1.82, 2.24) is 4.98 Å². The van der Waals surface area contributed by atoms with Crippen molar-refractivity contribution in [3.05, 3.63) is 11.1 Å². The van der Waals surface area contributed by atoms with E-state index in [2.05, 4.69) is 22.6 Å². The second kappa shape index (κ2) is 5.87. The van der Waals surface area contributed by atoms with Crippen LogP contribution in [0.5, 0.6) is 0 Å². The number of nitrogens with one attached hydrogen (secondary N) is 1. The Morgan fingerprint density at radius 1 is 1.50 bits per heavy atom. The maximum absolute atomic E-state index is 6.32. The van der Waals surface area contributed by atoms with Crippen LogP contribution >= 0.6 is 22.9 Å². The lowest BCUT2D eigenvalue weighted by Crippen LogP contribution is -2.26. The maximum atomic E-state index is 6.32. The lowest BCUT2D eigenvalue weighted by atomic mass is 9.89. The normalized spacial score (nSPS) is 25.6. The Morgan fingerprint density at radius 3 is 3.00 bits per heavy atom. The summed E-state index contributed by atoms with van der Waals surface area (Å²) in [5, 5.41) is 6.95. The Bertz CT molecular complexity index is 327. The van der Waals surface area contributed by atoms with Crippen LogP contribution in [-0.4, -0.2) is 16.9 Å². The van der Waals surface area contributed by atoms with Crippen molar-refractivity contribution in [3.8, 4) is 0 Å². The van der Waals surface area contributed by atoms with Gasteiger partial charge in [0.15, 0.2) is 5.13 Å². The smallest absolute Gasteiger partial charge is 0.182 e. The molecule has 1 aliphatic carbocycles. The molecule has 4 heteroatoms. The predicted molar refractivity (Wildman–Crippen MR) is 71.6 cm³/mol. The number of aromatic nitrogens is 1. The predicted octanol–water partition coefficient (Wildman–Crippen LogP) is 3.92. The molecular formula is C12H19ClN2S. The minimum Gasteiger partial charge on any atom is -0.361 e. The molecule has 0 bridgehead atoms. The molecule has 0 radical (unpaired) electrons. The third kappa shape index (κ3) is 3.11. The first-order chi connectivity index (χ1) is 7.79. The van der Waals surface area contributed by atoms with Crippen molar-refractivity contribution < 1.29 is 0 Å². The van der Waals surface area contributed by atoms with Gasteiger partial charge in [0.2, 0.25) is 0 Å². The molecule has 1 aromatic rings. The number of rotatable bonds is 4. The highest BCUT2D eigenvalue weighted by Crippen LogP contribution is 2.29. The van der Waals surface area contributed by atoms with Crippen LogP contribution in [0.25, 0.3) is 0 Å². The number of aryl methyl sites for hydroxylation is 1. The molecule has 1 heterocycles. The molecule has 0 aromatic carbocycles. The first-order valence-electron chi connectivity index (χ1n) is 6.12.